The molecule has 0 saturated carbocycles. The number of carbonyl (C=O) groups is 2. The first-order valence-corrected chi connectivity index (χ1v) is 7.03. The predicted molar refractivity (Wildman–Crippen MR) is 72.3 cm³/mol. The van der Waals surface area contributed by atoms with Gasteiger partial charge in [-0.1, -0.05) is 6.92 Å². The summed E-state index contributed by atoms with van der Waals surface area (Å²) in [6, 6.07) is -0.421. The molecule has 0 bridgehead atoms. The minimum atomic E-state index is -0.421. The van der Waals surface area contributed by atoms with Gasteiger partial charge in [0.1, 0.15) is 0 Å². The van der Waals surface area contributed by atoms with E-state index in [2.05, 4.69) is 5.32 Å². The maximum atomic E-state index is 11.9. The number of aliphatic hydroxyl groups excluding tert-OH is 1. The molecular formula is C13H25N3O3. The van der Waals surface area contributed by atoms with E-state index in [0.29, 0.717) is 45.3 Å². The van der Waals surface area contributed by atoms with Gasteiger partial charge < -0.3 is 21.1 Å². The summed E-state index contributed by atoms with van der Waals surface area (Å²) in [7, 11) is 0. The highest BCUT2D eigenvalue weighted by Crippen LogP contribution is 2.18. The van der Waals surface area contributed by atoms with Gasteiger partial charge in [-0.25, -0.2) is 0 Å². The number of amides is 2. The van der Waals surface area contributed by atoms with Gasteiger partial charge in [0.25, 0.3) is 0 Å². The second-order valence-corrected chi connectivity index (χ2v) is 4.98. The first-order chi connectivity index (χ1) is 9.10. The van der Waals surface area contributed by atoms with Crippen molar-refractivity contribution in [3.8, 4) is 0 Å². The molecule has 4 N–H and O–H groups in total. The molecule has 1 aliphatic rings. The fourth-order valence-electron chi connectivity index (χ4n) is 2.21. The topological polar surface area (TPSA) is 95.7 Å². The number of nitrogens with two attached hydrogens (primary N) is 1. The summed E-state index contributed by atoms with van der Waals surface area (Å²) >= 11 is 0. The van der Waals surface area contributed by atoms with Crippen molar-refractivity contribution in [2.24, 2.45) is 11.7 Å². The first-order valence-electron chi connectivity index (χ1n) is 7.03. The third kappa shape index (κ3) is 4.80. The molecular weight excluding hydrogens is 246 g/mol. The quantitative estimate of drug-likeness (QED) is 0.565. The van der Waals surface area contributed by atoms with Crippen LogP contribution in [0.3, 0.4) is 0 Å². The van der Waals surface area contributed by atoms with Crippen LogP contribution in [0.2, 0.25) is 0 Å². The fraction of sp³-hybridized carbons (Fsp3) is 0.846. The Morgan fingerprint density at radius 2 is 2.05 bits per heavy atom. The van der Waals surface area contributed by atoms with Gasteiger partial charge in [0.2, 0.25) is 11.8 Å². The second-order valence-electron chi connectivity index (χ2n) is 4.98. The first kappa shape index (κ1) is 15.9. The molecule has 1 saturated heterocycles. The highest BCUT2D eigenvalue weighted by Gasteiger charge is 2.28. The molecule has 19 heavy (non-hydrogen) atoms. The third-order valence-electron chi connectivity index (χ3n) is 3.57. The van der Waals surface area contributed by atoms with Crippen LogP contribution in [0, 0.1) is 5.92 Å². The smallest absolute Gasteiger partial charge is 0.239 e. The van der Waals surface area contributed by atoms with Gasteiger partial charge in [0.05, 0.1) is 6.04 Å². The van der Waals surface area contributed by atoms with Crippen LogP contribution in [-0.4, -0.2) is 54.1 Å². The molecule has 1 unspecified atom stereocenters. The summed E-state index contributed by atoms with van der Waals surface area (Å²) < 4.78 is 0. The molecule has 0 aliphatic carbocycles. The number of nitrogens with zero attached hydrogens (tertiary/aromatic N) is 1. The summed E-state index contributed by atoms with van der Waals surface area (Å²) in [6.45, 7) is 3.69. The van der Waals surface area contributed by atoms with E-state index in [0.717, 1.165) is 0 Å². The molecule has 0 aromatic rings. The van der Waals surface area contributed by atoms with Crippen LogP contribution in [0.15, 0.2) is 0 Å². The van der Waals surface area contributed by atoms with Gasteiger partial charge in [-0.05, 0) is 25.7 Å². The van der Waals surface area contributed by atoms with Gasteiger partial charge in [0, 0.05) is 32.2 Å². The number of nitrogens with one attached hydrogen (secondary N) is 1. The highest BCUT2D eigenvalue weighted by molar-refractivity contribution is 5.82. The Hall–Kier alpha value is -1.14. The maximum absolute atomic E-state index is 11.9. The minimum Gasteiger partial charge on any atom is -0.396 e. The summed E-state index contributed by atoms with van der Waals surface area (Å²) in [5, 5.41) is 11.5. The molecule has 1 heterocycles. The van der Waals surface area contributed by atoms with E-state index in [1.54, 1.807) is 4.90 Å². The zero-order valence-electron chi connectivity index (χ0n) is 11.6. The Morgan fingerprint density at radius 1 is 1.42 bits per heavy atom. The Bertz CT molecular complexity index is 302. The highest BCUT2D eigenvalue weighted by atomic mass is 16.3. The predicted octanol–water partition coefficient (Wildman–Crippen LogP) is -0.539. The van der Waals surface area contributed by atoms with Crippen LogP contribution in [-0.2, 0) is 9.59 Å². The molecule has 1 aliphatic heterocycles. The molecule has 110 valence electrons. The van der Waals surface area contributed by atoms with Crippen molar-refractivity contribution >= 4 is 11.8 Å². The SMILES string of the molecule is CCC(N)C(=O)N1CCC(C(=O)NCCCO)CC1. The molecule has 0 aromatic carbocycles. The van der Waals surface area contributed by atoms with E-state index < -0.39 is 6.04 Å². The van der Waals surface area contributed by atoms with E-state index >= 15 is 0 Å². The van der Waals surface area contributed by atoms with E-state index in [1.165, 1.54) is 0 Å². The van der Waals surface area contributed by atoms with Gasteiger partial charge in [-0.15, -0.1) is 0 Å². The molecule has 0 spiro atoms. The summed E-state index contributed by atoms with van der Waals surface area (Å²) in [6.07, 6.45) is 2.59. The van der Waals surface area contributed by atoms with Crippen LogP contribution in [0.1, 0.15) is 32.6 Å². The molecule has 0 radical (unpaired) electrons. The minimum absolute atomic E-state index is 0.0124. The molecule has 6 nitrogen and oxygen atoms in total. The Balaban J connectivity index is 2.32. The average Bonchev–Trinajstić information content (AvgIpc) is 2.46. The van der Waals surface area contributed by atoms with Crippen LogP contribution < -0.4 is 11.1 Å². The molecule has 1 atom stereocenters. The standard InChI is InChI=1S/C13H25N3O3/c1-2-11(14)13(19)16-7-4-10(5-8-16)12(18)15-6-3-9-17/h10-11,17H,2-9,14H2,1H3,(H,15,18). The largest absolute Gasteiger partial charge is 0.396 e. The number of hydrogen-bond donors (Lipinski definition) is 3. The van der Waals surface area contributed by atoms with Crippen molar-refractivity contribution in [1.82, 2.24) is 10.2 Å². The second kappa shape index (κ2) is 8.12. The van der Waals surface area contributed by atoms with E-state index in [4.69, 9.17) is 10.8 Å². The lowest BCUT2D eigenvalue weighted by Gasteiger charge is -2.32. The van der Waals surface area contributed by atoms with Gasteiger partial charge in [-0.2, -0.15) is 0 Å². The lowest BCUT2D eigenvalue weighted by Crippen LogP contribution is -2.48. The van der Waals surface area contributed by atoms with Crippen molar-refractivity contribution in [3.63, 3.8) is 0 Å². The van der Waals surface area contributed by atoms with Crippen molar-refractivity contribution in [2.45, 2.75) is 38.6 Å². The van der Waals surface area contributed by atoms with Gasteiger partial charge in [0.15, 0.2) is 0 Å². The van der Waals surface area contributed by atoms with Gasteiger partial charge >= 0.3 is 0 Å². The zero-order valence-corrected chi connectivity index (χ0v) is 11.6. The third-order valence-corrected chi connectivity index (χ3v) is 3.57. The summed E-state index contributed by atoms with van der Waals surface area (Å²) in [5.74, 6) is -0.0115. The maximum Gasteiger partial charge on any atom is 0.239 e. The van der Waals surface area contributed by atoms with Crippen molar-refractivity contribution in [2.75, 3.05) is 26.2 Å². The molecule has 6 heteroatoms. The molecule has 1 fully saturated rings. The number of carbonyl (C=O) groups excluding carboxylic acids is 2. The van der Waals surface area contributed by atoms with Crippen LogP contribution in [0.25, 0.3) is 0 Å². The van der Waals surface area contributed by atoms with Crippen LogP contribution in [0.5, 0.6) is 0 Å². The van der Waals surface area contributed by atoms with E-state index in [1.807, 2.05) is 6.92 Å². The van der Waals surface area contributed by atoms with Crippen LogP contribution in [0.4, 0.5) is 0 Å². The van der Waals surface area contributed by atoms with Crippen molar-refractivity contribution in [3.05, 3.63) is 0 Å². The Labute approximate surface area is 114 Å². The number of likely N-dealkylation sites (tertiary alicyclic amines) is 1. The van der Waals surface area contributed by atoms with E-state index in [-0.39, 0.29) is 24.3 Å². The summed E-state index contributed by atoms with van der Waals surface area (Å²) in [5.41, 5.74) is 5.73. The van der Waals surface area contributed by atoms with E-state index in [9.17, 15) is 9.59 Å². The van der Waals surface area contributed by atoms with Crippen molar-refractivity contribution in [1.29, 1.82) is 0 Å². The average molecular weight is 271 g/mol. The Morgan fingerprint density at radius 3 is 2.58 bits per heavy atom. The Kier molecular flexibility index (Phi) is 6.80. The number of piperidine rings is 1. The molecule has 0 aromatic heterocycles. The zero-order chi connectivity index (χ0) is 14.3. The number of hydrogen-bond acceptors (Lipinski definition) is 4. The number of aliphatic hydroxyl groups is 1. The molecule has 2 amide bonds. The lowest BCUT2D eigenvalue weighted by molar-refractivity contribution is -0.136. The fourth-order valence-corrected chi connectivity index (χ4v) is 2.21. The molecule has 1 rings (SSSR count). The summed E-state index contributed by atoms with van der Waals surface area (Å²) in [4.78, 5) is 25.5. The number of rotatable bonds is 6. The van der Waals surface area contributed by atoms with Gasteiger partial charge in [-0.3, -0.25) is 9.59 Å². The lowest BCUT2D eigenvalue weighted by atomic mass is 9.95. The van der Waals surface area contributed by atoms with Crippen LogP contribution >= 0.6 is 0 Å². The monoisotopic (exact) mass is 271 g/mol. The normalized spacial score (nSPS) is 18.2. The van der Waals surface area contributed by atoms with Crippen molar-refractivity contribution < 1.29 is 14.7 Å².